The van der Waals surface area contributed by atoms with Crippen LogP contribution >= 0.6 is 0 Å². The fourth-order valence-corrected chi connectivity index (χ4v) is 5.13. The maximum Gasteiger partial charge on any atom is 0.325 e. The Labute approximate surface area is 237 Å². The van der Waals surface area contributed by atoms with Gasteiger partial charge in [0.05, 0.1) is 0 Å². The smallest absolute Gasteiger partial charge is 0.325 e. The van der Waals surface area contributed by atoms with Crippen molar-refractivity contribution in [1.82, 2.24) is 0 Å². The lowest BCUT2D eigenvalue weighted by atomic mass is 9.39. The third-order valence-electron chi connectivity index (χ3n) is 6.49. The summed E-state index contributed by atoms with van der Waals surface area (Å²) in [6.07, 6.45) is 10.7. The first-order valence-electron chi connectivity index (χ1n) is 13.7. The molecule has 0 fully saturated rings. The van der Waals surface area contributed by atoms with Gasteiger partial charge in [0.2, 0.25) is 0 Å². The van der Waals surface area contributed by atoms with Crippen molar-refractivity contribution in [2.45, 2.75) is 105 Å². The number of rotatable bonds is 6. The molecular weight excluding hydrogens is 512 g/mol. The lowest BCUT2D eigenvalue weighted by molar-refractivity contribution is -0.176. The van der Waals surface area contributed by atoms with Crippen LogP contribution in [0.3, 0.4) is 0 Å². The van der Waals surface area contributed by atoms with Gasteiger partial charge in [-0.15, -0.1) is 0 Å². The zero-order chi connectivity index (χ0) is 30.7. The highest BCUT2D eigenvalue weighted by molar-refractivity contribution is 6.02. The number of carbonyl (C=O) groups is 4. The van der Waals surface area contributed by atoms with E-state index in [9.17, 15) is 19.2 Å². The predicted octanol–water partition coefficient (Wildman–Crippen LogP) is 5.56. The van der Waals surface area contributed by atoms with Crippen molar-refractivity contribution < 1.29 is 38.1 Å². The van der Waals surface area contributed by atoms with Crippen molar-refractivity contribution in [1.29, 1.82) is 0 Å². The van der Waals surface area contributed by atoms with Crippen LogP contribution in [-0.2, 0) is 38.1 Å². The van der Waals surface area contributed by atoms with Crippen molar-refractivity contribution >= 4 is 23.9 Å². The second-order valence-electron chi connectivity index (χ2n) is 14.6. The highest BCUT2D eigenvalue weighted by atomic mass is 16.6. The highest BCUT2D eigenvalue weighted by Crippen LogP contribution is 2.70. The van der Waals surface area contributed by atoms with E-state index in [0.29, 0.717) is 11.1 Å². The Hall–Kier alpha value is -3.16. The Morgan fingerprint density at radius 2 is 0.675 bits per heavy atom. The van der Waals surface area contributed by atoms with Crippen LogP contribution in [0.4, 0.5) is 0 Å². The van der Waals surface area contributed by atoms with Gasteiger partial charge in [-0.25, -0.2) is 0 Å². The van der Waals surface area contributed by atoms with Gasteiger partial charge in [-0.1, -0.05) is 36.5 Å². The van der Waals surface area contributed by atoms with E-state index in [1.807, 2.05) is 24.3 Å². The van der Waals surface area contributed by atoms with Gasteiger partial charge in [-0.3, -0.25) is 19.2 Å². The minimum absolute atomic E-state index is 0.455. The van der Waals surface area contributed by atoms with Crippen LogP contribution in [0.25, 0.3) is 0 Å². The molecular formula is C32H44O8. The van der Waals surface area contributed by atoms with Crippen LogP contribution in [0.2, 0.25) is 0 Å². The summed E-state index contributed by atoms with van der Waals surface area (Å²) in [7, 11) is 0. The predicted molar refractivity (Wildman–Crippen MR) is 150 cm³/mol. The highest BCUT2D eigenvalue weighted by Gasteiger charge is 2.67. The Morgan fingerprint density at radius 1 is 0.475 bits per heavy atom. The second-order valence-corrected chi connectivity index (χ2v) is 14.6. The first kappa shape index (κ1) is 31.4. The third kappa shape index (κ3) is 6.11. The Balaban J connectivity index is 2.17. The van der Waals surface area contributed by atoms with Gasteiger partial charge in [-0.2, -0.15) is 0 Å². The van der Waals surface area contributed by atoms with E-state index in [-0.39, 0.29) is 0 Å². The van der Waals surface area contributed by atoms with Crippen LogP contribution in [0.1, 0.15) is 83.1 Å². The molecule has 0 spiro atoms. The summed E-state index contributed by atoms with van der Waals surface area (Å²) < 4.78 is 22.6. The van der Waals surface area contributed by atoms with Crippen LogP contribution in [0, 0.1) is 22.7 Å². The molecule has 0 unspecified atom stereocenters. The first-order chi connectivity index (χ1) is 17.9. The molecule has 0 amide bonds. The summed E-state index contributed by atoms with van der Waals surface area (Å²) in [5, 5.41) is 0. The lowest BCUT2D eigenvalue weighted by Crippen LogP contribution is -2.58. The molecule has 0 N–H and O–H groups in total. The molecule has 0 aromatic carbocycles. The Bertz CT molecular complexity index is 1050. The van der Waals surface area contributed by atoms with Crippen molar-refractivity contribution in [3.63, 3.8) is 0 Å². The number of carbonyl (C=O) groups excluding carboxylic acids is 4. The molecule has 0 aromatic rings. The quantitative estimate of drug-likeness (QED) is 0.181. The van der Waals surface area contributed by atoms with Crippen LogP contribution in [0.5, 0.6) is 0 Å². The summed E-state index contributed by atoms with van der Waals surface area (Å²) in [4.78, 5) is 54.0. The number of hydrogen-bond donors (Lipinski definition) is 0. The van der Waals surface area contributed by atoms with Crippen LogP contribution in [-0.4, -0.2) is 46.3 Å². The fourth-order valence-electron chi connectivity index (χ4n) is 5.13. The molecule has 8 heteroatoms. The molecule has 3 aliphatic carbocycles. The fraction of sp³-hybridized carbons (Fsp3) is 0.625. The van der Waals surface area contributed by atoms with Crippen molar-refractivity contribution in [2.75, 3.05) is 0 Å². The first-order valence-corrected chi connectivity index (χ1v) is 13.7. The molecule has 0 aromatic heterocycles. The van der Waals surface area contributed by atoms with Gasteiger partial charge >= 0.3 is 23.9 Å². The van der Waals surface area contributed by atoms with Gasteiger partial charge in [0.15, 0.2) is 11.8 Å². The standard InChI is InChI=1S/C32H44O8/c1-27(2,3)37-23(33)21(24(34)38-28(4,5)6)19-13-14-20(32-17-15-31(19,32)16-18-32)22(25(35)39-29(7,8)9)26(36)40-30(10,11)12/h13-18,21-22H,1-12H3. The second kappa shape index (κ2) is 9.74. The van der Waals surface area contributed by atoms with Gasteiger partial charge in [0.1, 0.15) is 22.4 Å². The molecule has 40 heavy (non-hydrogen) atoms. The maximum atomic E-state index is 13.5. The monoisotopic (exact) mass is 556 g/mol. The van der Waals surface area contributed by atoms with Crippen molar-refractivity contribution in [2.24, 2.45) is 22.7 Å². The topological polar surface area (TPSA) is 105 Å². The molecule has 0 heterocycles. The van der Waals surface area contributed by atoms with E-state index < -0.39 is 68.9 Å². The van der Waals surface area contributed by atoms with Crippen molar-refractivity contribution in [3.05, 3.63) is 47.6 Å². The van der Waals surface area contributed by atoms with E-state index in [1.54, 1.807) is 95.2 Å². The van der Waals surface area contributed by atoms with E-state index in [1.165, 1.54) is 0 Å². The summed E-state index contributed by atoms with van der Waals surface area (Å²) in [5.41, 5.74) is -4.29. The molecule has 0 saturated carbocycles. The van der Waals surface area contributed by atoms with Gasteiger partial charge in [0.25, 0.3) is 0 Å². The van der Waals surface area contributed by atoms with E-state index in [2.05, 4.69) is 0 Å². The van der Waals surface area contributed by atoms with Crippen LogP contribution < -0.4 is 0 Å². The Kier molecular flexibility index (Phi) is 7.64. The SMILES string of the molecule is CC(C)(C)OC(=O)C(C(=O)OC(C)(C)C)C1=CC=C(C(C(=O)OC(C)(C)C)C(=O)OC(C)(C)C)C23C=CC12C=C3. The number of hydrogen-bond acceptors (Lipinski definition) is 8. The molecule has 0 aliphatic heterocycles. The minimum Gasteiger partial charge on any atom is -0.459 e. The third-order valence-corrected chi connectivity index (χ3v) is 6.49. The molecule has 0 radical (unpaired) electrons. The number of ether oxygens (including phenoxy) is 4. The largest absolute Gasteiger partial charge is 0.459 e. The summed E-state index contributed by atoms with van der Waals surface area (Å²) in [6.45, 7) is 20.7. The molecule has 3 rings (SSSR count). The Morgan fingerprint density at radius 3 is 0.825 bits per heavy atom. The number of esters is 4. The van der Waals surface area contributed by atoms with Gasteiger partial charge < -0.3 is 18.9 Å². The molecule has 0 bridgehead atoms. The zero-order valence-corrected chi connectivity index (χ0v) is 25.9. The van der Waals surface area contributed by atoms with E-state index in [4.69, 9.17) is 18.9 Å². The zero-order valence-electron chi connectivity index (χ0n) is 25.9. The summed E-state index contributed by atoms with van der Waals surface area (Å²) in [5.74, 6) is -5.64. The van der Waals surface area contributed by atoms with Gasteiger partial charge in [-0.05, 0) is 94.2 Å². The molecule has 0 saturated heterocycles. The number of allylic oxidation sites excluding steroid dienone is 6. The molecule has 0 atom stereocenters. The summed E-state index contributed by atoms with van der Waals surface area (Å²) >= 11 is 0. The van der Waals surface area contributed by atoms with E-state index >= 15 is 0 Å². The minimum atomic E-state index is -1.35. The maximum absolute atomic E-state index is 13.5. The lowest BCUT2D eigenvalue weighted by Gasteiger charge is -2.62. The van der Waals surface area contributed by atoms with Crippen molar-refractivity contribution in [3.8, 4) is 0 Å². The van der Waals surface area contributed by atoms with Gasteiger partial charge in [0, 0.05) is 10.8 Å². The normalized spacial score (nSPS) is 23.6. The van der Waals surface area contributed by atoms with E-state index in [0.717, 1.165) is 0 Å². The summed E-state index contributed by atoms with van der Waals surface area (Å²) in [6, 6.07) is 0. The average Bonchev–Trinajstić information content (AvgIpc) is 2.65. The molecule has 220 valence electrons. The van der Waals surface area contributed by atoms with Crippen LogP contribution in [0.15, 0.2) is 47.6 Å². The molecule has 3 aliphatic rings. The molecule has 8 nitrogen and oxygen atoms in total. The average molecular weight is 557 g/mol.